The van der Waals surface area contributed by atoms with Gasteiger partial charge in [0.05, 0.1) is 6.54 Å². The molecule has 0 atom stereocenters. The van der Waals surface area contributed by atoms with E-state index in [0.717, 1.165) is 30.6 Å². The first-order valence-electron chi connectivity index (χ1n) is 8.59. The van der Waals surface area contributed by atoms with E-state index in [1.807, 2.05) is 31.2 Å². The van der Waals surface area contributed by atoms with Gasteiger partial charge in [0.25, 0.3) is 0 Å². The van der Waals surface area contributed by atoms with Crippen molar-refractivity contribution < 1.29 is 14.7 Å². The minimum Gasteiger partial charge on any atom is -0.480 e. The number of carbonyl (C=O) groups excluding carboxylic acids is 1. The molecule has 2 aliphatic rings. The maximum absolute atomic E-state index is 12.0. The van der Waals surface area contributed by atoms with Gasteiger partial charge in [-0.3, -0.25) is 9.69 Å². The molecule has 6 nitrogen and oxygen atoms in total. The molecule has 3 N–H and O–H groups in total. The molecule has 130 valence electrons. The molecule has 0 saturated heterocycles. The maximum atomic E-state index is 12.0. The Morgan fingerprint density at radius 2 is 1.88 bits per heavy atom. The summed E-state index contributed by atoms with van der Waals surface area (Å²) in [5.74, 6) is -0.106. The Bertz CT molecular complexity index is 592. The summed E-state index contributed by atoms with van der Waals surface area (Å²) >= 11 is 0. The summed E-state index contributed by atoms with van der Waals surface area (Å²) < 4.78 is 0. The number of anilines is 1. The van der Waals surface area contributed by atoms with Gasteiger partial charge in [-0.05, 0) is 50.7 Å². The molecular formula is C18H25N3O3. The van der Waals surface area contributed by atoms with E-state index in [9.17, 15) is 9.59 Å². The number of benzene rings is 1. The van der Waals surface area contributed by atoms with E-state index in [1.165, 1.54) is 12.8 Å². The average Bonchev–Trinajstić information content (AvgIpc) is 3.28. The molecular weight excluding hydrogens is 306 g/mol. The van der Waals surface area contributed by atoms with Crippen LogP contribution in [0.4, 0.5) is 10.5 Å². The molecule has 3 rings (SSSR count). The van der Waals surface area contributed by atoms with E-state index in [1.54, 1.807) is 0 Å². The third kappa shape index (κ3) is 4.71. The highest BCUT2D eigenvalue weighted by molar-refractivity contribution is 5.89. The number of nitrogens with zero attached hydrogens (tertiary/aromatic N) is 1. The Morgan fingerprint density at radius 3 is 2.46 bits per heavy atom. The number of amides is 2. The van der Waals surface area contributed by atoms with Gasteiger partial charge in [-0.25, -0.2) is 4.79 Å². The van der Waals surface area contributed by atoms with Gasteiger partial charge in [0.15, 0.2) is 0 Å². The maximum Gasteiger partial charge on any atom is 0.319 e. The molecule has 2 aliphatic carbocycles. The van der Waals surface area contributed by atoms with Crippen molar-refractivity contribution in [1.82, 2.24) is 10.2 Å². The van der Waals surface area contributed by atoms with Crippen LogP contribution in [0.25, 0.3) is 0 Å². The number of hydrogen-bond acceptors (Lipinski definition) is 3. The molecule has 2 fully saturated rings. The minimum absolute atomic E-state index is 0.101. The van der Waals surface area contributed by atoms with Gasteiger partial charge in [-0.15, -0.1) is 0 Å². The molecule has 24 heavy (non-hydrogen) atoms. The van der Waals surface area contributed by atoms with Gasteiger partial charge in [0.1, 0.15) is 0 Å². The standard InChI is InChI=1S/C18H25N3O3/c1-12-2-6-14(7-3-12)19-18(24)20-15-8-16(9-15)21(11-17(22)23)10-13-4-5-13/h2-3,6-7,13,15-16H,4-5,8-11H2,1H3,(H,22,23)(H2,19,20,24). The fourth-order valence-electron chi connectivity index (χ4n) is 3.14. The van der Waals surface area contributed by atoms with Crippen LogP contribution in [0.5, 0.6) is 0 Å². The zero-order chi connectivity index (χ0) is 17.1. The Balaban J connectivity index is 1.42. The number of hydrogen-bond donors (Lipinski definition) is 3. The van der Waals surface area contributed by atoms with Gasteiger partial charge in [-0.1, -0.05) is 17.7 Å². The predicted molar refractivity (Wildman–Crippen MR) is 92.1 cm³/mol. The monoisotopic (exact) mass is 331 g/mol. The highest BCUT2D eigenvalue weighted by atomic mass is 16.4. The average molecular weight is 331 g/mol. The van der Waals surface area contributed by atoms with Crippen molar-refractivity contribution in [2.45, 2.75) is 44.7 Å². The fourth-order valence-corrected chi connectivity index (χ4v) is 3.14. The Hall–Kier alpha value is -2.08. The van der Waals surface area contributed by atoms with Gasteiger partial charge in [0, 0.05) is 24.3 Å². The zero-order valence-electron chi connectivity index (χ0n) is 14.0. The molecule has 0 radical (unpaired) electrons. The van der Waals surface area contributed by atoms with Gasteiger partial charge in [0.2, 0.25) is 0 Å². The lowest BCUT2D eigenvalue weighted by Crippen LogP contribution is -2.55. The molecule has 0 heterocycles. The van der Waals surface area contributed by atoms with Crippen LogP contribution in [0.15, 0.2) is 24.3 Å². The van der Waals surface area contributed by atoms with Crippen LogP contribution in [-0.2, 0) is 4.79 Å². The second-order valence-corrected chi connectivity index (χ2v) is 7.05. The van der Waals surface area contributed by atoms with E-state index < -0.39 is 5.97 Å². The number of aliphatic carboxylic acids is 1. The van der Waals surface area contributed by atoms with Crippen molar-refractivity contribution in [3.05, 3.63) is 29.8 Å². The number of aryl methyl sites for hydroxylation is 1. The number of carboxylic acids is 1. The molecule has 2 amide bonds. The number of rotatable bonds is 7. The summed E-state index contributed by atoms with van der Waals surface area (Å²) in [5, 5.41) is 14.9. The fraction of sp³-hybridized carbons (Fsp3) is 0.556. The Kier molecular flexibility index (Phi) is 5.04. The molecule has 1 aromatic carbocycles. The molecule has 0 unspecified atom stereocenters. The summed E-state index contributed by atoms with van der Waals surface area (Å²) in [7, 11) is 0. The van der Waals surface area contributed by atoms with Crippen LogP contribution in [0.2, 0.25) is 0 Å². The molecule has 1 aromatic rings. The third-order valence-electron chi connectivity index (χ3n) is 4.80. The lowest BCUT2D eigenvalue weighted by atomic mass is 9.85. The van der Waals surface area contributed by atoms with Crippen LogP contribution >= 0.6 is 0 Å². The lowest BCUT2D eigenvalue weighted by molar-refractivity contribution is -0.139. The summed E-state index contributed by atoms with van der Waals surface area (Å²) in [4.78, 5) is 25.1. The molecule has 2 saturated carbocycles. The first-order valence-corrected chi connectivity index (χ1v) is 8.59. The van der Waals surface area contributed by atoms with Crippen LogP contribution in [0.1, 0.15) is 31.2 Å². The van der Waals surface area contributed by atoms with Crippen LogP contribution in [0, 0.1) is 12.8 Å². The largest absolute Gasteiger partial charge is 0.480 e. The molecule has 6 heteroatoms. The van der Waals surface area contributed by atoms with Crippen molar-refractivity contribution in [3.8, 4) is 0 Å². The summed E-state index contributed by atoms with van der Waals surface area (Å²) in [6.07, 6.45) is 4.07. The summed E-state index contributed by atoms with van der Waals surface area (Å²) in [6, 6.07) is 7.86. The SMILES string of the molecule is Cc1ccc(NC(=O)NC2CC(N(CC(=O)O)CC3CC3)C2)cc1. The first kappa shape index (κ1) is 16.8. The van der Waals surface area contributed by atoms with Crippen LogP contribution in [-0.4, -0.2) is 47.2 Å². The van der Waals surface area contributed by atoms with E-state index in [0.29, 0.717) is 5.92 Å². The molecule has 0 aliphatic heterocycles. The van der Waals surface area contributed by atoms with E-state index in [-0.39, 0.29) is 24.7 Å². The summed E-state index contributed by atoms with van der Waals surface area (Å²) in [6.45, 7) is 2.98. The zero-order valence-corrected chi connectivity index (χ0v) is 14.0. The molecule has 0 bridgehead atoms. The number of urea groups is 1. The normalized spacial score (nSPS) is 22.8. The first-order chi connectivity index (χ1) is 11.5. The van der Waals surface area contributed by atoms with Gasteiger partial charge >= 0.3 is 12.0 Å². The van der Waals surface area contributed by atoms with E-state index >= 15 is 0 Å². The minimum atomic E-state index is -0.774. The van der Waals surface area contributed by atoms with Crippen LogP contribution < -0.4 is 10.6 Å². The number of carbonyl (C=O) groups is 2. The van der Waals surface area contributed by atoms with Crippen molar-refractivity contribution >= 4 is 17.7 Å². The second kappa shape index (κ2) is 7.21. The topological polar surface area (TPSA) is 81.7 Å². The van der Waals surface area contributed by atoms with Gasteiger partial charge in [-0.2, -0.15) is 0 Å². The van der Waals surface area contributed by atoms with Crippen molar-refractivity contribution in [2.24, 2.45) is 5.92 Å². The van der Waals surface area contributed by atoms with Crippen LogP contribution in [0.3, 0.4) is 0 Å². The highest BCUT2D eigenvalue weighted by Crippen LogP contribution is 2.33. The quantitative estimate of drug-likeness (QED) is 0.717. The van der Waals surface area contributed by atoms with E-state index in [2.05, 4.69) is 15.5 Å². The Labute approximate surface area is 142 Å². The van der Waals surface area contributed by atoms with Crippen molar-refractivity contribution in [2.75, 3.05) is 18.4 Å². The number of carboxylic acid groups (broad SMARTS) is 1. The van der Waals surface area contributed by atoms with E-state index in [4.69, 9.17) is 5.11 Å². The van der Waals surface area contributed by atoms with Crippen molar-refractivity contribution in [1.29, 1.82) is 0 Å². The highest BCUT2D eigenvalue weighted by Gasteiger charge is 2.37. The second-order valence-electron chi connectivity index (χ2n) is 7.05. The molecule has 0 aromatic heterocycles. The molecule has 0 spiro atoms. The lowest BCUT2D eigenvalue weighted by Gasteiger charge is -2.42. The van der Waals surface area contributed by atoms with Gasteiger partial charge < -0.3 is 15.7 Å². The Morgan fingerprint density at radius 1 is 1.21 bits per heavy atom. The predicted octanol–water partition coefficient (Wildman–Crippen LogP) is 2.44. The third-order valence-corrected chi connectivity index (χ3v) is 4.80. The van der Waals surface area contributed by atoms with Crippen molar-refractivity contribution in [3.63, 3.8) is 0 Å². The smallest absolute Gasteiger partial charge is 0.319 e. The summed E-state index contributed by atoms with van der Waals surface area (Å²) in [5.41, 5.74) is 1.92. The number of nitrogens with one attached hydrogen (secondary N) is 2.